The number of carbonyl (C=O) groups is 2. The first kappa shape index (κ1) is 17.0. The number of hydrogen-bond acceptors (Lipinski definition) is 2. The normalized spacial score (nSPS) is 13.5. The monoisotopic (exact) mass is 361 g/mol. The number of halogens is 1. The van der Waals surface area contributed by atoms with Crippen LogP contribution in [0.2, 0.25) is 0 Å². The zero-order valence-electron chi connectivity index (χ0n) is 14.2. The van der Waals surface area contributed by atoms with E-state index in [1.807, 2.05) is 48.5 Å². The summed E-state index contributed by atoms with van der Waals surface area (Å²) in [6, 6.07) is 19.1. The Kier molecular flexibility index (Phi) is 4.20. The van der Waals surface area contributed by atoms with Gasteiger partial charge in [0.05, 0.1) is 0 Å². The van der Waals surface area contributed by atoms with Crippen LogP contribution in [-0.2, 0) is 4.79 Å². The molecule has 0 unspecified atom stereocenters. The van der Waals surface area contributed by atoms with E-state index < -0.39 is 29.7 Å². The van der Waals surface area contributed by atoms with Crippen molar-refractivity contribution in [3.05, 3.63) is 95.3 Å². The lowest BCUT2D eigenvalue weighted by Gasteiger charge is -2.23. The molecule has 0 aliphatic heterocycles. The van der Waals surface area contributed by atoms with Crippen LogP contribution in [0.5, 0.6) is 0 Å². The van der Waals surface area contributed by atoms with Gasteiger partial charge in [-0.15, -0.1) is 0 Å². The van der Waals surface area contributed by atoms with Gasteiger partial charge < -0.3 is 10.4 Å². The number of fused-ring (bicyclic) bond motifs is 3. The number of rotatable bonds is 4. The number of amides is 1. The van der Waals surface area contributed by atoms with Crippen LogP contribution in [-0.4, -0.2) is 23.0 Å². The van der Waals surface area contributed by atoms with Gasteiger partial charge in [-0.05, 0) is 46.5 Å². The zero-order valence-corrected chi connectivity index (χ0v) is 14.2. The van der Waals surface area contributed by atoms with Crippen molar-refractivity contribution in [1.82, 2.24) is 5.32 Å². The van der Waals surface area contributed by atoms with Gasteiger partial charge in [0.25, 0.3) is 5.91 Å². The highest BCUT2D eigenvalue weighted by molar-refractivity contribution is 5.97. The predicted molar refractivity (Wildman–Crippen MR) is 99.0 cm³/mol. The molecule has 4 nitrogen and oxygen atoms in total. The Labute approximate surface area is 155 Å². The number of nitrogens with one attached hydrogen (secondary N) is 1. The third-order valence-electron chi connectivity index (χ3n) is 4.87. The second kappa shape index (κ2) is 6.68. The molecule has 4 rings (SSSR count). The van der Waals surface area contributed by atoms with Crippen molar-refractivity contribution in [3.8, 4) is 11.1 Å². The molecular weight excluding hydrogens is 345 g/mol. The third kappa shape index (κ3) is 2.97. The summed E-state index contributed by atoms with van der Waals surface area (Å²) in [5, 5.41) is 12.5. The van der Waals surface area contributed by atoms with Gasteiger partial charge in [0, 0.05) is 11.5 Å². The molecule has 1 atom stereocenters. The molecule has 1 aliphatic carbocycles. The van der Waals surface area contributed by atoms with Gasteiger partial charge >= 0.3 is 5.97 Å². The van der Waals surface area contributed by atoms with Crippen LogP contribution in [0.15, 0.2) is 72.8 Å². The average Bonchev–Trinajstić information content (AvgIpc) is 3.01. The van der Waals surface area contributed by atoms with Gasteiger partial charge in [-0.1, -0.05) is 48.5 Å². The van der Waals surface area contributed by atoms with Crippen molar-refractivity contribution in [2.45, 2.75) is 12.0 Å². The van der Waals surface area contributed by atoms with E-state index in [4.69, 9.17) is 0 Å². The summed E-state index contributed by atoms with van der Waals surface area (Å²) in [6.07, 6.45) is 0. The van der Waals surface area contributed by atoms with Crippen LogP contribution >= 0.6 is 0 Å². The lowest BCUT2D eigenvalue weighted by molar-refractivity contribution is -0.139. The summed E-state index contributed by atoms with van der Waals surface area (Å²) in [4.78, 5) is 24.6. The van der Waals surface area contributed by atoms with E-state index in [0.29, 0.717) is 0 Å². The van der Waals surface area contributed by atoms with E-state index in [1.54, 1.807) is 0 Å². The van der Waals surface area contributed by atoms with Gasteiger partial charge in [-0.3, -0.25) is 4.79 Å². The first-order valence-corrected chi connectivity index (χ1v) is 8.53. The zero-order chi connectivity index (χ0) is 19.0. The van der Waals surface area contributed by atoms with Crippen molar-refractivity contribution >= 4 is 11.9 Å². The van der Waals surface area contributed by atoms with E-state index in [2.05, 4.69) is 5.32 Å². The fraction of sp³-hybridized carbons (Fsp3) is 0.0909. The molecule has 27 heavy (non-hydrogen) atoms. The SMILES string of the molecule is O=C(N[C@H](C(=O)O)C1c2ccccc2-c2ccccc21)c1ccc(F)cc1. The Hall–Kier alpha value is -3.47. The van der Waals surface area contributed by atoms with Crippen molar-refractivity contribution in [2.24, 2.45) is 0 Å². The maximum Gasteiger partial charge on any atom is 0.327 e. The number of hydrogen-bond donors (Lipinski definition) is 2. The van der Waals surface area contributed by atoms with Gasteiger partial charge in [-0.25, -0.2) is 9.18 Å². The van der Waals surface area contributed by atoms with Gasteiger partial charge in [0.1, 0.15) is 11.9 Å². The molecule has 0 radical (unpaired) electrons. The number of carbonyl (C=O) groups excluding carboxylic acids is 1. The van der Waals surface area contributed by atoms with Crippen molar-refractivity contribution in [1.29, 1.82) is 0 Å². The second-order valence-corrected chi connectivity index (χ2v) is 6.45. The Balaban J connectivity index is 1.73. The average molecular weight is 361 g/mol. The van der Waals surface area contributed by atoms with E-state index >= 15 is 0 Å². The van der Waals surface area contributed by atoms with Crippen molar-refractivity contribution < 1.29 is 19.1 Å². The summed E-state index contributed by atoms with van der Waals surface area (Å²) in [5.41, 5.74) is 3.89. The molecule has 0 bridgehead atoms. The third-order valence-corrected chi connectivity index (χ3v) is 4.87. The first-order valence-electron chi connectivity index (χ1n) is 8.53. The van der Waals surface area contributed by atoms with Crippen LogP contribution in [0.3, 0.4) is 0 Å². The first-order chi connectivity index (χ1) is 13.1. The topological polar surface area (TPSA) is 66.4 Å². The van der Waals surface area contributed by atoms with E-state index in [0.717, 1.165) is 22.3 Å². The minimum Gasteiger partial charge on any atom is -0.480 e. The molecule has 134 valence electrons. The van der Waals surface area contributed by atoms with Crippen molar-refractivity contribution in [3.63, 3.8) is 0 Å². The Bertz CT molecular complexity index is 984. The van der Waals surface area contributed by atoms with Crippen molar-refractivity contribution in [2.75, 3.05) is 0 Å². The molecule has 1 aliphatic rings. The molecule has 1 amide bonds. The molecule has 0 aromatic heterocycles. The second-order valence-electron chi connectivity index (χ2n) is 6.45. The smallest absolute Gasteiger partial charge is 0.327 e. The molecule has 3 aromatic carbocycles. The molecule has 5 heteroatoms. The van der Waals surface area contributed by atoms with E-state index in [1.165, 1.54) is 24.3 Å². The van der Waals surface area contributed by atoms with Crippen LogP contribution in [0.1, 0.15) is 27.4 Å². The molecule has 0 heterocycles. The maximum atomic E-state index is 13.1. The fourth-order valence-corrected chi connectivity index (χ4v) is 3.67. The lowest BCUT2D eigenvalue weighted by atomic mass is 9.89. The Morgan fingerprint density at radius 2 is 1.37 bits per heavy atom. The van der Waals surface area contributed by atoms with Crippen LogP contribution < -0.4 is 5.32 Å². The summed E-state index contributed by atoms with van der Waals surface area (Å²) >= 11 is 0. The highest BCUT2D eigenvalue weighted by Crippen LogP contribution is 2.46. The molecule has 0 fully saturated rings. The number of aliphatic carboxylic acids is 1. The molecule has 0 saturated carbocycles. The molecule has 3 aromatic rings. The minimum atomic E-state index is -1.15. The standard InChI is InChI=1S/C22H16FNO3/c23-14-11-9-13(10-12-14)21(25)24-20(22(26)27)19-17-7-3-1-5-15(17)16-6-2-4-8-18(16)19/h1-12,19-20H,(H,24,25)(H,26,27)/t20-/m0/s1. The number of benzene rings is 3. The van der Waals surface area contributed by atoms with Gasteiger partial charge in [0.15, 0.2) is 0 Å². The summed E-state index contributed by atoms with van der Waals surface area (Å²) in [6.45, 7) is 0. The minimum absolute atomic E-state index is 0.210. The Morgan fingerprint density at radius 1 is 0.852 bits per heavy atom. The van der Waals surface area contributed by atoms with Gasteiger partial charge in [0.2, 0.25) is 0 Å². The largest absolute Gasteiger partial charge is 0.480 e. The number of carboxylic acids is 1. The summed E-state index contributed by atoms with van der Waals surface area (Å²) < 4.78 is 13.1. The van der Waals surface area contributed by atoms with Crippen LogP contribution in [0.25, 0.3) is 11.1 Å². The fourth-order valence-electron chi connectivity index (χ4n) is 3.67. The molecular formula is C22H16FNO3. The molecule has 0 saturated heterocycles. The van der Waals surface area contributed by atoms with Gasteiger partial charge in [-0.2, -0.15) is 0 Å². The maximum absolute atomic E-state index is 13.1. The summed E-state index contributed by atoms with van der Waals surface area (Å²) in [7, 11) is 0. The van der Waals surface area contributed by atoms with Crippen LogP contribution in [0, 0.1) is 5.82 Å². The highest BCUT2D eigenvalue weighted by Gasteiger charge is 2.38. The molecule has 2 N–H and O–H groups in total. The summed E-state index contributed by atoms with van der Waals surface area (Å²) in [5.74, 6) is -2.63. The quantitative estimate of drug-likeness (QED) is 0.742. The van der Waals surface area contributed by atoms with E-state index in [-0.39, 0.29) is 5.56 Å². The van der Waals surface area contributed by atoms with Crippen LogP contribution in [0.4, 0.5) is 4.39 Å². The Morgan fingerprint density at radius 3 is 1.89 bits per heavy atom. The lowest BCUT2D eigenvalue weighted by Crippen LogP contribution is -2.44. The predicted octanol–water partition coefficient (Wildman–Crippen LogP) is 3.82. The highest BCUT2D eigenvalue weighted by atomic mass is 19.1. The van der Waals surface area contributed by atoms with E-state index in [9.17, 15) is 19.1 Å². The number of carboxylic acid groups (broad SMARTS) is 1. The molecule has 0 spiro atoms.